The molecule has 0 unspecified atom stereocenters. The third-order valence-electron chi connectivity index (χ3n) is 2.43. The number of unbranched alkanes of at least 4 members (excludes halogenated alkanes) is 2. The van der Waals surface area contributed by atoms with Crippen LogP contribution < -0.4 is 0 Å². The Morgan fingerprint density at radius 3 is 2.69 bits per heavy atom. The number of aryl methyl sites for hydroxylation is 1. The quantitative estimate of drug-likeness (QED) is 0.831. The Hall–Kier alpha value is -0.900. The third-order valence-corrected chi connectivity index (χ3v) is 3.10. The van der Waals surface area contributed by atoms with Crippen molar-refractivity contribution in [2.45, 2.75) is 32.6 Å². The molecule has 0 fully saturated rings. The van der Waals surface area contributed by atoms with Gasteiger partial charge in [0.2, 0.25) is 0 Å². The normalized spacial score (nSPS) is 10.4. The van der Waals surface area contributed by atoms with E-state index in [2.05, 4.69) is 22.9 Å². The maximum Gasteiger partial charge on any atom is 0.339 e. The first-order chi connectivity index (χ1) is 7.57. The summed E-state index contributed by atoms with van der Waals surface area (Å²) in [5.74, 6) is -1.85. The minimum absolute atomic E-state index is 0.269. The highest BCUT2D eigenvalue weighted by molar-refractivity contribution is 9.10. The predicted molar refractivity (Wildman–Crippen MR) is 64.3 cm³/mol. The van der Waals surface area contributed by atoms with E-state index in [-0.39, 0.29) is 10.0 Å². The minimum Gasteiger partial charge on any atom is -0.478 e. The molecule has 0 saturated heterocycles. The van der Waals surface area contributed by atoms with Crippen LogP contribution in [0.4, 0.5) is 4.39 Å². The van der Waals surface area contributed by atoms with Crippen molar-refractivity contribution in [3.8, 4) is 0 Å². The zero-order valence-corrected chi connectivity index (χ0v) is 10.7. The fourth-order valence-electron chi connectivity index (χ4n) is 1.55. The van der Waals surface area contributed by atoms with Gasteiger partial charge in [-0.25, -0.2) is 9.18 Å². The maximum atomic E-state index is 13.8. The number of carbonyl (C=O) groups is 1. The molecular formula is C12H14BrFO2. The van der Waals surface area contributed by atoms with Gasteiger partial charge < -0.3 is 5.11 Å². The standard InChI is InChI=1S/C12H14BrFO2/c1-2-3-4-5-8-6-7-9(13)10(11(8)14)12(15)16/h6-7H,2-5H2,1H3,(H,15,16). The lowest BCUT2D eigenvalue weighted by Gasteiger charge is -2.07. The molecule has 88 valence electrons. The van der Waals surface area contributed by atoms with Gasteiger partial charge in [-0.1, -0.05) is 25.8 Å². The second-order valence-electron chi connectivity index (χ2n) is 3.66. The molecule has 0 saturated carbocycles. The first-order valence-corrected chi connectivity index (χ1v) is 6.07. The zero-order chi connectivity index (χ0) is 12.1. The summed E-state index contributed by atoms with van der Waals surface area (Å²) in [6.45, 7) is 2.07. The van der Waals surface area contributed by atoms with Gasteiger partial charge in [0.25, 0.3) is 0 Å². The molecular weight excluding hydrogens is 275 g/mol. The van der Waals surface area contributed by atoms with E-state index in [1.165, 1.54) is 0 Å². The van der Waals surface area contributed by atoms with E-state index in [4.69, 9.17) is 5.11 Å². The van der Waals surface area contributed by atoms with Crippen LogP contribution in [0, 0.1) is 5.82 Å². The Balaban J connectivity index is 2.95. The summed E-state index contributed by atoms with van der Waals surface area (Å²) >= 11 is 3.04. The molecule has 4 heteroatoms. The fraction of sp³-hybridized carbons (Fsp3) is 0.417. The van der Waals surface area contributed by atoms with Gasteiger partial charge >= 0.3 is 5.97 Å². The van der Waals surface area contributed by atoms with E-state index in [0.29, 0.717) is 12.0 Å². The van der Waals surface area contributed by atoms with Crippen molar-refractivity contribution in [1.29, 1.82) is 0 Å². The minimum atomic E-state index is -1.23. The summed E-state index contributed by atoms with van der Waals surface area (Å²) in [5.41, 5.74) is 0.211. The van der Waals surface area contributed by atoms with E-state index < -0.39 is 11.8 Å². The van der Waals surface area contributed by atoms with E-state index in [9.17, 15) is 9.18 Å². The van der Waals surface area contributed by atoms with Crippen LogP contribution in [0.5, 0.6) is 0 Å². The molecule has 16 heavy (non-hydrogen) atoms. The first kappa shape index (κ1) is 13.2. The molecule has 0 bridgehead atoms. The summed E-state index contributed by atoms with van der Waals surface area (Å²) in [7, 11) is 0. The predicted octanol–water partition coefficient (Wildman–Crippen LogP) is 4.02. The zero-order valence-electron chi connectivity index (χ0n) is 9.09. The van der Waals surface area contributed by atoms with Gasteiger partial charge in [0, 0.05) is 4.47 Å². The van der Waals surface area contributed by atoms with Crippen molar-refractivity contribution in [3.05, 3.63) is 33.5 Å². The second kappa shape index (κ2) is 5.99. The maximum absolute atomic E-state index is 13.8. The smallest absolute Gasteiger partial charge is 0.339 e. The third kappa shape index (κ3) is 3.04. The van der Waals surface area contributed by atoms with Crippen LogP contribution in [-0.2, 0) is 6.42 Å². The molecule has 0 aliphatic rings. The number of hydrogen-bond acceptors (Lipinski definition) is 1. The van der Waals surface area contributed by atoms with Crippen LogP contribution in [0.1, 0.15) is 42.1 Å². The van der Waals surface area contributed by atoms with Crippen molar-refractivity contribution in [2.75, 3.05) is 0 Å². The number of aromatic carboxylic acids is 1. The molecule has 0 aliphatic heterocycles. The number of carboxylic acid groups (broad SMARTS) is 1. The Bertz CT molecular complexity index is 391. The van der Waals surface area contributed by atoms with E-state index in [1.807, 2.05) is 0 Å². The SMILES string of the molecule is CCCCCc1ccc(Br)c(C(=O)O)c1F. The average Bonchev–Trinajstić information content (AvgIpc) is 2.21. The summed E-state index contributed by atoms with van der Waals surface area (Å²) in [6, 6.07) is 3.23. The fourth-order valence-corrected chi connectivity index (χ4v) is 2.03. The summed E-state index contributed by atoms with van der Waals surface area (Å²) in [6.07, 6.45) is 3.56. The Morgan fingerprint density at radius 2 is 2.12 bits per heavy atom. The average molecular weight is 289 g/mol. The lowest BCUT2D eigenvalue weighted by molar-refractivity contribution is 0.0690. The highest BCUT2D eigenvalue weighted by Crippen LogP contribution is 2.24. The molecule has 0 amide bonds. The molecule has 2 nitrogen and oxygen atoms in total. The van der Waals surface area contributed by atoms with Crippen LogP contribution in [0.25, 0.3) is 0 Å². The van der Waals surface area contributed by atoms with Crippen molar-refractivity contribution in [2.24, 2.45) is 0 Å². The van der Waals surface area contributed by atoms with E-state index >= 15 is 0 Å². The summed E-state index contributed by atoms with van der Waals surface area (Å²) in [4.78, 5) is 10.9. The van der Waals surface area contributed by atoms with Crippen molar-refractivity contribution in [3.63, 3.8) is 0 Å². The first-order valence-electron chi connectivity index (χ1n) is 5.28. The molecule has 0 aliphatic carbocycles. The summed E-state index contributed by atoms with van der Waals surface area (Å²) < 4.78 is 14.1. The summed E-state index contributed by atoms with van der Waals surface area (Å²) in [5, 5.41) is 8.87. The lowest BCUT2D eigenvalue weighted by Crippen LogP contribution is -2.05. The van der Waals surface area contributed by atoms with E-state index in [0.717, 1.165) is 19.3 Å². The molecule has 0 atom stereocenters. The highest BCUT2D eigenvalue weighted by Gasteiger charge is 2.17. The van der Waals surface area contributed by atoms with Gasteiger partial charge in [-0.05, 0) is 40.4 Å². The number of rotatable bonds is 5. The van der Waals surface area contributed by atoms with Gasteiger partial charge in [-0.2, -0.15) is 0 Å². The Labute approximate surface area is 103 Å². The molecule has 1 N–H and O–H groups in total. The monoisotopic (exact) mass is 288 g/mol. The van der Waals surface area contributed by atoms with Crippen LogP contribution in [0.3, 0.4) is 0 Å². The van der Waals surface area contributed by atoms with E-state index in [1.54, 1.807) is 12.1 Å². The number of hydrogen-bond donors (Lipinski definition) is 1. The van der Waals surface area contributed by atoms with Crippen LogP contribution in [-0.4, -0.2) is 11.1 Å². The topological polar surface area (TPSA) is 37.3 Å². The molecule has 0 radical (unpaired) electrons. The second-order valence-corrected chi connectivity index (χ2v) is 4.51. The molecule has 1 aromatic carbocycles. The lowest BCUT2D eigenvalue weighted by atomic mass is 10.0. The van der Waals surface area contributed by atoms with Gasteiger partial charge in [0.15, 0.2) is 0 Å². The number of halogens is 2. The van der Waals surface area contributed by atoms with Crippen LogP contribution in [0.2, 0.25) is 0 Å². The van der Waals surface area contributed by atoms with Gasteiger partial charge in [-0.3, -0.25) is 0 Å². The highest BCUT2D eigenvalue weighted by atomic mass is 79.9. The molecule has 0 heterocycles. The Morgan fingerprint density at radius 1 is 1.44 bits per heavy atom. The van der Waals surface area contributed by atoms with Crippen LogP contribution in [0.15, 0.2) is 16.6 Å². The van der Waals surface area contributed by atoms with Gasteiger partial charge in [0.1, 0.15) is 11.4 Å². The number of carboxylic acids is 1. The van der Waals surface area contributed by atoms with Crippen molar-refractivity contribution >= 4 is 21.9 Å². The molecule has 0 spiro atoms. The molecule has 1 rings (SSSR count). The molecule has 0 aromatic heterocycles. The number of benzene rings is 1. The van der Waals surface area contributed by atoms with Crippen LogP contribution >= 0.6 is 15.9 Å². The van der Waals surface area contributed by atoms with Crippen molar-refractivity contribution in [1.82, 2.24) is 0 Å². The van der Waals surface area contributed by atoms with Crippen molar-refractivity contribution < 1.29 is 14.3 Å². The van der Waals surface area contributed by atoms with Gasteiger partial charge in [-0.15, -0.1) is 0 Å². The Kier molecular flexibility index (Phi) is 4.93. The van der Waals surface area contributed by atoms with Gasteiger partial charge in [0.05, 0.1) is 0 Å². The molecule has 1 aromatic rings. The largest absolute Gasteiger partial charge is 0.478 e.